The second kappa shape index (κ2) is 12.2. The van der Waals surface area contributed by atoms with Crippen molar-refractivity contribution >= 4 is 50.5 Å². The van der Waals surface area contributed by atoms with Crippen molar-refractivity contribution in [2.45, 2.75) is 6.92 Å². The Morgan fingerprint density at radius 3 is 2.72 bits per heavy atom. The number of rotatable bonds is 9. The molecular formula is C19H22BrClFN4O3+. The topological polar surface area (TPSA) is 78.2 Å². The Bertz CT molecular complexity index is 879. The zero-order valence-electron chi connectivity index (χ0n) is 16.2. The summed E-state index contributed by atoms with van der Waals surface area (Å²) in [5.41, 5.74) is 2.35. The summed E-state index contributed by atoms with van der Waals surface area (Å²) < 4.78 is 15.3. The van der Waals surface area contributed by atoms with Crippen LogP contribution in [-0.4, -0.2) is 38.3 Å². The van der Waals surface area contributed by atoms with Crippen LogP contribution in [0.2, 0.25) is 0 Å². The molecule has 0 unspecified atom stereocenters. The Morgan fingerprint density at radius 2 is 2.21 bits per heavy atom. The predicted octanol–water partition coefficient (Wildman–Crippen LogP) is 4.49. The summed E-state index contributed by atoms with van der Waals surface area (Å²) in [6.45, 7) is 6.67. The Hall–Kier alpha value is -2.38. The molecule has 29 heavy (non-hydrogen) atoms. The van der Waals surface area contributed by atoms with Gasteiger partial charge in [-0.15, -0.1) is 0 Å². The van der Waals surface area contributed by atoms with Gasteiger partial charge in [0, 0.05) is 14.1 Å². The number of nitrogens with zero attached hydrogens (tertiary/aromatic N) is 2. The summed E-state index contributed by atoms with van der Waals surface area (Å²) in [5, 5.41) is 11.9. The SMILES string of the molecule is C#[N+]c1c(N(C)C)cc(C(=O)NOCCO)c(NC(=C/C=C/Br)/C(Cl)=C\C)c1F. The molecule has 7 nitrogen and oxygen atoms in total. The molecule has 0 aliphatic carbocycles. The van der Waals surface area contributed by atoms with E-state index >= 15 is 4.39 Å². The molecule has 0 fully saturated rings. The van der Waals surface area contributed by atoms with Crippen molar-refractivity contribution in [1.29, 1.82) is 0 Å². The van der Waals surface area contributed by atoms with E-state index in [-0.39, 0.29) is 35.8 Å². The lowest BCUT2D eigenvalue weighted by Gasteiger charge is -2.18. The molecule has 0 saturated carbocycles. The van der Waals surface area contributed by atoms with Crippen LogP contribution in [0, 0.1) is 12.4 Å². The van der Waals surface area contributed by atoms with E-state index in [2.05, 4.69) is 31.6 Å². The van der Waals surface area contributed by atoms with Gasteiger partial charge in [0.05, 0.1) is 35.2 Å². The van der Waals surface area contributed by atoms with Crippen LogP contribution in [0.4, 0.5) is 21.5 Å². The first-order chi connectivity index (χ1) is 13.8. The fourth-order valence-corrected chi connectivity index (χ4v) is 2.48. The number of aliphatic hydroxyl groups excluding tert-OH is 1. The van der Waals surface area contributed by atoms with E-state index in [1.165, 1.54) is 6.07 Å². The highest BCUT2D eigenvalue weighted by Gasteiger charge is 2.30. The van der Waals surface area contributed by atoms with Gasteiger partial charge in [-0.05, 0) is 28.9 Å². The molecule has 0 radical (unpaired) electrons. The van der Waals surface area contributed by atoms with Crippen molar-refractivity contribution < 1.29 is 19.1 Å². The Balaban J connectivity index is 3.64. The summed E-state index contributed by atoms with van der Waals surface area (Å²) in [6.07, 6.45) is 4.81. The van der Waals surface area contributed by atoms with Crippen LogP contribution in [0.25, 0.3) is 4.85 Å². The van der Waals surface area contributed by atoms with Crippen LogP contribution < -0.4 is 15.7 Å². The number of nitrogens with one attached hydrogen (secondary N) is 2. The zero-order valence-corrected chi connectivity index (χ0v) is 18.5. The number of anilines is 2. The van der Waals surface area contributed by atoms with Crippen molar-refractivity contribution in [2.24, 2.45) is 0 Å². The van der Waals surface area contributed by atoms with Crippen LogP contribution in [0.15, 0.2) is 40.0 Å². The molecule has 0 heterocycles. The van der Waals surface area contributed by atoms with Crippen molar-refractivity contribution in [3.63, 3.8) is 0 Å². The van der Waals surface area contributed by atoms with Gasteiger partial charge in [-0.2, -0.15) is 4.39 Å². The summed E-state index contributed by atoms with van der Waals surface area (Å²) in [5.74, 6) is -1.58. The van der Waals surface area contributed by atoms with Gasteiger partial charge in [0.2, 0.25) is 5.82 Å². The van der Waals surface area contributed by atoms with Crippen molar-refractivity contribution in [2.75, 3.05) is 37.5 Å². The monoisotopic (exact) mass is 487 g/mol. The quantitative estimate of drug-likeness (QED) is 0.271. The van der Waals surface area contributed by atoms with Gasteiger partial charge in [-0.1, -0.05) is 39.7 Å². The third-order valence-electron chi connectivity index (χ3n) is 3.54. The van der Waals surface area contributed by atoms with E-state index in [0.29, 0.717) is 10.7 Å². The normalized spacial score (nSPS) is 12.1. The molecule has 0 atom stereocenters. The Morgan fingerprint density at radius 1 is 1.52 bits per heavy atom. The second-order valence-corrected chi connectivity index (χ2v) is 6.60. The van der Waals surface area contributed by atoms with E-state index in [9.17, 15) is 4.79 Å². The predicted molar refractivity (Wildman–Crippen MR) is 119 cm³/mol. The van der Waals surface area contributed by atoms with Crippen LogP contribution in [0.5, 0.6) is 0 Å². The maximum Gasteiger partial charge on any atom is 0.400 e. The van der Waals surface area contributed by atoms with Gasteiger partial charge in [0.15, 0.2) is 0 Å². The highest BCUT2D eigenvalue weighted by atomic mass is 79.9. The highest BCUT2D eigenvalue weighted by molar-refractivity contribution is 9.11. The number of hydroxylamine groups is 1. The fourth-order valence-electron chi connectivity index (χ4n) is 2.21. The number of allylic oxidation sites excluding steroid dienone is 4. The number of benzene rings is 1. The molecule has 156 valence electrons. The standard InChI is InChI=1S/C19H21BrClFN4O3/c1-5-13(21)14(7-6-8-20)24-17-12(19(28)25-29-10-9-27)11-15(26(3)4)18(23-2)16(17)22/h2,5-8,11,27H,9-10H2,1,3-4H3,(H-,24,25,28)/p+1/b8-6+,13-5+,14-7+. The number of halogens is 3. The molecule has 3 N–H and O–H groups in total. The average Bonchev–Trinajstić information content (AvgIpc) is 2.70. The minimum atomic E-state index is -0.847. The summed E-state index contributed by atoms with van der Waals surface area (Å²) in [7, 11) is 3.31. The van der Waals surface area contributed by atoms with E-state index in [1.807, 2.05) is 0 Å². The Labute approximate surface area is 182 Å². The number of hydrogen-bond donors (Lipinski definition) is 3. The summed E-state index contributed by atoms with van der Waals surface area (Å²) in [6, 6.07) is 1.41. The van der Waals surface area contributed by atoms with Crippen molar-refractivity contribution in [3.05, 3.63) is 56.2 Å². The molecule has 0 saturated heterocycles. The fraction of sp³-hybridized carbons (Fsp3) is 0.263. The highest BCUT2D eigenvalue weighted by Crippen LogP contribution is 2.39. The molecule has 0 spiro atoms. The average molecular weight is 489 g/mol. The van der Waals surface area contributed by atoms with Crippen molar-refractivity contribution in [3.8, 4) is 6.57 Å². The van der Waals surface area contributed by atoms with Gasteiger partial charge in [-0.3, -0.25) is 9.63 Å². The molecule has 0 bridgehead atoms. The molecular weight excluding hydrogens is 467 g/mol. The van der Waals surface area contributed by atoms with Crippen molar-refractivity contribution in [1.82, 2.24) is 5.48 Å². The first kappa shape index (κ1) is 24.7. The third-order valence-corrected chi connectivity index (χ3v) is 4.27. The van der Waals surface area contributed by atoms with Crippen LogP contribution in [-0.2, 0) is 4.84 Å². The minimum Gasteiger partial charge on any atom is -0.394 e. The largest absolute Gasteiger partial charge is 0.400 e. The molecule has 0 aliphatic heterocycles. The van der Waals surface area contributed by atoms with E-state index in [4.69, 9.17) is 28.1 Å². The minimum absolute atomic E-state index is 0.0779. The lowest BCUT2D eigenvalue weighted by atomic mass is 10.1. The second-order valence-electron chi connectivity index (χ2n) is 5.67. The van der Waals surface area contributed by atoms with Crippen LogP contribution >= 0.6 is 27.5 Å². The molecule has 1 rings (SSSR count). The number of carbonyl (C=O) groups is 1. The number of hydrogen-bond acceptors (Lipinski definition) is 5. The van der Waals surface area contributed by atoms with Gasteiger partial charge in [-0.25, -0.2) is 5.48 Å². The lowest BCUT2D eigenvalue weighted by Crippen LogP contribution is -2.27. The summed E-state index contributed by atoms with van der Waals surface area (Å²) in [4.78, 5) is 24.1. The van der Waals surface area contributed by atoms with Gasteiger partial charge in [0.1, 0.15) is 5.69 Å². The van der Waals surface area contributed by atoms with Gasteiger partial charge in [0.25, 0.3) is 12.5 Å². The van der Waals surface area contributed by atoms with Gasteiger partial charge < -0.3 is 15.3 Å². The molecule has 1 amide bonds. The third kappa shape index (κ3) is 6.58. The first-order valence-electron chi connectivity index (χ1n) is 8.36. The van der Waals surface area contributed by atoms with E-state index in [0.717, 1.165) is 0 Å². The zero-order chi connectivity index (χ0) is 22.0. The maximum absolute atomic E-state index is 15.3. The number of carbonyl (C=O) groups excluding carboxylic acids is 1. The number of aliphatic hydroxyl groups is 1. The molecule has 0 aromatic heterocycles. The van der Waals surface area contributed by atoms with Crippen LogP contribution in [0.3, 0.4) is 0 Å². The van der Waals surface area contributed by atoms with E-state index < -0.39 is 11.7 Å². The van der Waals surface area contributed by atoms with Gasteiger partial charge >= 0.3 is 5.69 Å². The molecule has 10 heteroatoms. The maximum atomic E-state index is 15.3. The first-order valence-corrected chi connectivity index (χ1v) is 9.65. The summed E-state index contributed by atoms with van der Waals surface area (Å²) >= 11 is 9.35. The molecule has 0 aliphatic rings. The Kier molecular flexibility index (Phi) is 10.4. The van der Waals surface area contributed by atoms with E-state index in [1.54, 1.807) is 49.1 Å². The lowest BCUT2D eigenvalue weighted by molar-refractivity contribution is 0.0169. The number of amides is 1. The van der Waals surface area contributed by atoms with Crippen LogP contribution in [0.1, 0.15) is 17.3 Å². The molecule has 1 aromatic carbocycles. The smallest absolute Gasteiger partial charge is 0.394 e. The molecule has 1 aromatic rings.